The van der Waals surface area contributed by atoms with Crippen LogP contribution in [0, 0.1) is 0 Å². The van der Waals surface area contributed by atoms with Gasteiger partial charge >= 0.3 is 0 Å². The Labute approximate surface area is 187 Å². The molecule has 0 fully saturated rings. The molecule has 0 unspecified atom stereocenters. The van der Waals surface area contributed by atoms with Crippen molar-refractivity contribution in [2.75, 3.05) is 0 Å². The Morgan fingerprint density at radius 1 is 0.562 bits per heavy atom. The Kier molecular flexibility index (Phi) is 5.31. The van der Waals surface area contributed by atoms with Crippen molar-refractivity contribution in [2.45, 2.75) is 0 Å². The summed E-state index contributed by atoms with van der Waals surface area (Å²) < 4.78 is 15.2. The van der Waals surface area contributed by atoms with Gasteiger partial charge in [-0.05, 0) is 22.4 Å². The van der Waals surface area contributed by atoms with E-state index >= 15 is 4.57 Å². The molecule has 0 spiro atoms. The van der Waals surface area contributed by atoms with Crippen LogP contribution >= 0.6 is 7.14 Å². The molecule has 0 aliphatic carbocycles. The molecule has 5 aromatic carbocycles. The van der Waals surface area contributed by atoms with E-state index in [1.54, 1.807) is 0 Å². The highest BCUT2D eigenvalue weighted by atomic mass is 31.2. The first-order valence-corrected chi connectivity index (χ1v) is 12.2. The Hall–Kier alpha value is -3.74. The molecule has 3 heteroatoms. The van der Waals surface area contributed by atoms with Gasteiger partial charge in [-0.25, -0.2) is 0 Å². The van der Waals surface area contributed by atoms with Crippen molar-refractivity contribution in [3.05, 3.63) is 127 Å². The molecule has 5 aromatic rings. The summed E-state index contributed by atoms with van der Waals surface area (Å²) in [6.45, 7) is 0. The van der Waals surface area contributed by atoms with Crippen molar-refractivity contribution >= 4 is 40.1 Å². The molecule has 2 nitrogen and oxygen atoms in total. The smallest absolute Gasteiger partial charge is 0.171 e. The van der Waals surface area contributed by atoms with Crippen LogP contribution in [0.1, 0.15) is 10.4 Å². The second kappa shape index (κ2) is 8.42. The summed E-state index contributed by atoms with van der Waals surface area (Å²) >= 11 is 0. The van der Waals surface area contributed by atoms with Gasteiger partial charge in [0.15, 0.2) is 13.4 Å². The second-order valence-electron chi connectivity index (χ2n) is 7.67. The number of benzene rings is 5. The fraction of sp³-hybridized carbons (Fsp3) is 0. The van der Waals surface area contributed by atoms with E-state index in [0.717, 1.165) is 44.1 Å². The molecule has 0 heterocycles. The van der Waals surface area contributed by atoms with E-state index in [0.29, 0.717) is 5.56 Å². The first-order chi connectivity index (χ1) is 15.7. The van der Waals surface area contributed by atoms with Crippen molar-refractivity contribution in [3.63, 3.8) is 0 Å². The van der Waals surface area contributed by atoms with Crippen molar-refractivity contribution < 1.29 is 9.36 Å². The molecular formula is C29H21O2P. The van der Waals surface area contributed by atoms with Crippen molar-refractivity contribution in [3.8, 4) is 11.1 Å². The summed E-state index contributed by atoms with van der Waals surface area (Å²) in [6.07, 6.45) is 0.872. The quantitative estimate of drug-likeness (QED) is 0.254. The zero-order valence-electron chi connectivity index (χ0n) is 17.4. The van der Waals surface area contributed by atoms with Gasteiger partial charge in [0, 0.05) is 27.0 Å². The molecule has 154 valence electrons. The molecule has 0 radical (unpaired) electrons. The van der Waals surface area contributed by atoms with Gasteiger partial charge in [-0.3, -0.25) is 4.79 Å². The fourth-order valence-electron chi connectivity index (χ4n) is 4.34. The summed E-state index contributed by atoms with van der Waals surface area (Å²) in [7, 11) is -3.23. The standard InChI is InChI=1S/C29H21O2P/c30-21-23-12-8-10-18-27(23)29-26-17-9-7-11-22(26)19-20-28(29)32(31,24-13-3-1-4-14-24)25-15-5-2-6-16-25/h1-21H. The highest BCUT2D eigenvalue weighted by Gasteiger charge is 2.33. The fourth-order valence-corrected chi connectivity index (χ4v) is 7.21. The lowest BCUT2D eigenvalue weighted by Gasteiger charge is -2.24. The van der Waals surface area contributed by atoms with Gasteiger partial charge in [-0.1, -0.05) is 115 Å². The predicted molar refractivity (Wildman–Crippen MR) is 134 cm³/mol. The molecule has 0 bridgehead atoms. The number of carbonyl (C=O) groups is 1. The first-order valence-electron chi connectivity index (χ1n) is 10.5. The number of fused-ring (bicyclic) bond motifs is 1. The number of rotatable bonds is 5. The van der Waals surface area contributed by atoms with Crippen LogP contribution in [0.25, 0.3) is 21.9 Å². The maximum atomic E-state index is 15.2. The topological polar surface area (TPSA) is 34.1 Å². The van der Waals surface area contributed by atoms with Crippen LogP contribution in [0.4, 0.5) is 0 Å². The molecule has 5 rings (SSSR count). The highest BCUT2D eigenvalue weighted by molar-refractivity contribution is 7.85. The lowest BCUT2D eigenvalue weighted by molar-refractivity contribution is 0.112. The minimum Gasteiger partial charge on any atom is -0.309 e. The van der Waals surface area contributed by atoms with E-state index in [4.69, 9.17) is 0 Å². The van der Waals surface area contributed by atoms with Crippen molar-refractivity contribution in [1.82, 2.24) is 0 Å². The number of hydrogen-bond acceptors (Lipinski definition) is 2. The third-order valence-corrected chi connectivity index (χ3v) is 8.94. The van der Waals surface area contributed by atoms with Crippen molar-refractivity contribution in [2.24, 2.45) is 0 Å². The molecule has 0 atom stereocenters. The Balaban J connectivity index is 1.95. The lowest BCUT2D eigenvalue weighted by atomic mass is 9.95. The largest absolute Gasteiger partial charge is 0.309 e. The van der Waals surface area contributed by atoms with E-state index in [1.165, 1.54) is 0 Å². The number of carbonyl (C=O) groups excluding carboxylic acids is 1. The minimum atomic E-state index is -3.23. The average molecular weight is 432 g/mol. The maximum Gasteiger partial charge on any atom is 0.171 e. The zero-order valence-corrected chi connectivity index (χ0v) is 18.3. The predicted octanol–water partition coefficient (Wildman–Crippen LogP) is 5.96. The summed E-state index contributed by atoms with van der Waals surface area (Å²) in [5, 5.41) is 4.30. The van der Waals surface area contributed by atoms with Crippen LogP contribution in [0.15, 0.2) is 121 Å². The average Bonchev–Trinajstić information content (AvgIpc) is 2.88. The summed E-state index contributed by atoms with van der Waals surface area (Å²) in [5.41, 5.74) is 2.22. The third kappa shape index (κ3) is 3.30. The molecule has 0 aliphatic heterocycles. The third-order valence-electron chi connectivity index (χ3n) is 5.84. The summed E-state index contributed by atoms with van der Waals surface area (Å²) in [6, 6.07) is 38.8. The lowest BCUT2D eigenvalue weighted by Crippen LogP contribution is -2.26. The zero-order chi connectivity index (χ0) is 22.0. The van der Waals surface area contributed by atoms with E-state index in [1.807, 2.05) is 121 Å². The van der Waals surface area contributed by atoms with Gasteiger partial charge in [0.05, 0.1) is 0 Å². The van der Waals surface area contributed by atoms with Crippen LogP contribution in [-0.2, 0) is 4.57 Å². The molecule has 0 saturated carbocycles. The van der Waals surface area contributed by atoms with E-state index in [2.05, 4.69) is 0 Å². The Bertz CT molecular complexity index is 1410. The molecule has 0 aromatic heterocycles. The number of aldehydes is 1. The van der Waals surface area contributed by atoms with Crippen LogP contribution in [0.2, 0.25) is 0 Å². The molecule has 0 N–H and O–H groups in total. The van der Waals surface area contributed by atoms with Gasteiger partial charge in [-0.2, -0.15) is 0 Å². The molecular weight excluding hydrogens is 411 g/mol. The monoisotopic (exact) mass is 432 g/mol. The molecule has 0 amide bonds. The Morgan fingerprint density at radius 2 is 1.12 bits per heavy atom. The number of hydrogen-bond donors (Lipinski definition) is 0. The highest BCUT2D eigenvalue weighted by Crippen LogP contribution is 2.47. The van der Waals surface area contributed by atoms with Crippen LogP contribution in [0.3, 0.4) is 0 Å². The van der Waals surface area contributed by atoms with Gasteiger partial charge < -0.3 is 4.57 Å². The Morgan fingerprint density at radius 3 is 1.78 bits per heavy atom. The first kappa shape index (κ1) is 20.2. The minimum absolute atomic E-state index is 0.581. The summed E-state index contributed by atoms with van der Waals surface area (Å²) in [5.74, 6) is 0. The maximum absolute atomic E-state index is 15.2. The normalized spacial score (nSPS) is 11.4. The van der Waals surface area contributed by atoms with E-state index in [9.17, 15) is 4.79 Å². The van der Waals surface area contributed by atoms with Gasteiger partial charge in [0.25, 0.3) is 0 Å². The van der Waals surface area contributed by atoms with Crippen LogP contribution < -0.4 is 15.9 Å². The van der Waals surface area contributed by atoms with Crippen LogP contribution in [0.5, 0.6) is 0 Å². The van der Waals surface area contributed by atoms with E-state index in [-0.39, 0.29) is 0 Å². The van der Waals surface area contributed by atoms with Gasteiger partial charge in [0.1, 0.15) is 0 Å². The van der Waals surface area contributed by atoms with Crippen molar-refractivity contribution in [1.29, 1.82) is 0 Å². The SMILES string of the molecule is O=Cc1ccccc1-c1c(P(=O)(c2ccccc2)c2ccccc2)ccc2ccccc12. The van der Waals surface area contributed by atoms with E-state index < -0.39 is 7.14 Å². The van der Waals surface area contributed by atoms with Gasteiger partial charge in [0.2, 0.25) is 0 Å². The second-order valence-corrected chi connectivity index (χ2v) is 10.4. The van der Waals surface area contributed by atoms with Gasteiger partial charge in [-0.15, -0.1) is 0 Å². The summed E-state index contributed by atoms with van der Waals surface area (Å²) in [4.78, 5) is 12.0. The molecule has 0 aliphatic rings. The van der Waals surface area contributed by atoms with Crippen LogP contribution in [-0.4, -0.2) is 6.29 Å². The molecule has 0 saturated heterocycles. The molecule has 32 heavy (non-hydrogen) atoms.